The van der Waals surface area contributed by atoms with Crippen LogP contribution in [-0.4, -0.2) is 46.7 Å². The number of guanidine groups is 1. The summed E-state index contributed by atoms with van der Waals surface area (Å²) in [4.78, 5) is 36.1. The zero-order valence-electron chi connectivity index (χ0n) is 17.4. The van der Waals surface area contributed by atoms with Gasteiger partial charge in [0.2, 0.25) is 0 Å². The van der Waals surface area contributed by atoms with Gasteiger partial charge in [-0.2, -0.15) is 0 Å². The minimum absolute atomic E-state index is 0.0129. The summed E-state index contributed by atoms with van der Waals surface area (Å²) in [5, 5.41) is 17.5. The molecule has 0 radical (unpaired) electrons. The second-order valence-corrected chi connectivity index (χ2v) is 6.53. The second-order valence-electron chi connectivity index (χ2n) is 6.53. The van der Waals surface area contributed by atoms with Crippen molar-refractivity contribution in [3.63, 3.8) is 0 Å². The lowest BCUT2D eigenvalue weighted by atomic mass is 9.98. The summed E-state index contributed by atoms with van der Waals surface area (Å²) in [6.07, 6.45) is 2.96. The predicted octanol–water partition coefficient (Wildman–Crippen LogP) is 1.63. The van der Waals surface area contributed by atoms with E-state index in [1.807, 2.05) is 6.92 Å². The standard InChI is InChI=1S/C14H18O4.C6H14N4O2/c1-3-4-9-13(18-10(2)15)11-7-5-6-8-12(11)14(16)17;7-4(5(11)12)2-1-3-10-6(8)9/h5-8,13H,3-4,9H2,1-2H3,(H,16,17);4H,1-3,7H2,(H,11,12)(H4,8,9,10)/t;4-/m.0/s1. The van der Waals surface area contributed by atoms with E-state index < -0.39 is 30.1 Å². The van der Waals surface area contributed by atoms with Crippen molar-refractivity contribution in [2.75, 3.05) is 6.54 Å². The number of carbonyl (C=O) groups is 3. The maximum absolute atomic E-state index is 11.1. The van der Waals surface area contributed by atoms with Crippen molar-refractivity contribution in [2.24, 2.45) is 22.2 Å². The summed E-state index contributed by atoms with van der Waals surface area (Å²) in [5.74, 6) is -2.38. The number of carboxylic acid groups (broad SMARTS) is 2. The molecule has 0 aliphatic rings. The maximum atomic E-state index is 11.1. The van der Waals surface area contributed by atoms with Gasteiger partial charge in [0.15, 0.2) is 5.96 Å². The van der Waals surface area contributed by atoms with E-state index in [0.717, 1.165) is 12.8 Å². The first kappa shape index (κ1) is 26.9. The Morgan fingerprint density at radius 3 is 2.23 bits per heavy atom. The Morgan fingerprint density at radius 1 is 1.10 bits per heavy atom. The Kier molecular flexibility index (Phi) is 13.3. The van der Waals surface area contributed by atoms with E-state index in [0.29, 0.717) is 31.4 Å². The number of ether oxygens (including phenoxy) is 1. The van der Waals surface area contributed by atoms with E-state index >= 15 is 0 Å². The lowest BCUT2D eigenvalue weighted by Crippen LogP contribution is -2.30. The number of hydrogen-bond donors (Lipinski definition) is 5. The first-order valence-electron chi connectivity index (χ1n) is 9.63. The van der Waals surface area contributed by atoms with Crippen LogP contribution in [0.4, 0.5) is 0 Å². The molecule has 0 amide bonds. The lowest BCUT2D eigenvalue weighted by molar-refractivity contribution is -0.147. The molecule has 0 saturated carbocycles. The van der Waals surface area contributed by atoms with Crippen LogP contribution in [0.1, 0.15) is 68.0 Å². The van der Waals surface area contributed by atoms with Crippen LogP contribution in [0.5, 0.6) is 0 Å². The number of esters is 1. The molecule has 0 saturated heterocycles. The van der Waals surface area contributed by atoms with Crippen LogP contribution in [0.25, 0.3) is 0 Å². The summed E-state index contributed by atoms with van der Waals surface area (Å²) in [6.45, 7) is 3.79. The molecule has 2 atom stereocenters. The number of carboxylic acids is 2. The highest BCUT2D eigenvalue weighted by molar-refractivity contribution is 5.89. The number of benzene rings is 1. The van der Waals surface area contributed by atoms with Crippen LogP contribution in [-0.2, 0) is 14.3 Å². The topological polar surface area (TPSA) is 191 Å². The van der Waals surface area contributed by atoms with Crippen LogP contribution < -0.4 is 17.2 Å². The number of unbranched alkanes of at least 4 members (excludes halogenated alkanes) is 1. The normalized spacial score (nSPS) is 12.0. The van der Waals surface area contributed by atoms with Crippen LogP contribution in [0, 0.1) is 0 Å². The molecular formula is C20H32N4O6. The van der Waals surface area contributed by atoms with Crippen LogP contribution in [0.3, 0.4) is 0 Å². The van der Waals surface area contributed by atoms with Gasteiger partial charge in [-0.25, -0.2) is 4.79 Å². The van der Waals surface area contributed by atoms with Crippen LogP contribution in [0.15, 0.2) is 29.3 Å². The van der Waals surface area contributed by atoms with Crippen molar-refractivity contribution in [3.8, 4) is 0 Å². The minimum atomic E-state index is -1.00. The van der Waals surface area contributed by atoms with Crippen molar-refractivity contribution in [2.45, 2.75) is 58.1 Å². The first-order chi connectivity index (χ1) is 14.1. The van der Waals surface area contributed by atoms with Gasteiger partial charge in [0.1, 0.15) is 12.1 Å². The minimum Gasteiger partial charge on any atom is -0.480 e. The fourth-order valence-electron chi connectivity index (χ4n) is 2.48. The molecule has 0 fully saturated rings. The van der Waals surface area contributed by atoms with Gasteiger partial charge in [-0.1, -0.05) is 31.5 Å². The average molecular weight is 424 g/mol. The number of aliphatic carboxylic acids is 1. The van der Waals surface area contributed by atoms with E-state index in [-0.39, 0.29) is 11.5 Å². The van der Waals surface area contributed by atoms with Crippen molar-refractivity contribution >= 4 is 23.9 Å². The zero-order valence-corrected chi connectivity index (χ0v) is 17.4. The summed E-state index contributed by atoms with van der Waals surface area (Å²) in [6, 6.07) is 5.83. The molecular weight excluding hydrogens is 392 g/mol. The molecule has 0 aromatic heterocycles. The third kappa shape index (κ3) is 11.6. The van der Waals surface area contributed by atoms with Crippen LogP contribution >= 0.6 is 0 Å². The van der Waals surface area contributed by atoms with Gasteiger partial charge in [-0.3, -0.25) is 14.6 Å². The SMILES string of the molecule is CCCCC(OC(C)=O)c1ccccc1C(=O)O.NC(N)=NCCC[C@H](N)C(=O)O. The van der Waals surface area contributed by atoms with E-state index in [1.165, 1.54) is 13.0 Å². The predicted molar refractivity (Wildman–Crippen MR) is 113 cm³/mol. The van der Waals surface area contributed by atoms with Gasteiger partial charge in [-0.05, 0) is 31.7 Å². The monoisotopic (exact) mass is 424 g/mol. The molecule has 0 bridgehead atoms. The van der Waals surface area contributed by atoms with Crippen molar-refractivity contribution in [1.29, 1.82) is 0 Å². The molecule has 1 rings (SSSR count). The van der Waals surface area contributed by atoms with E-state index in [9.17, 15) is 14.4 Å². The largest absolute Gasteiger partial charge is 0.480 e. The zero-order chi connectivity index (χ0) is 23.1. The molecule has 0 heterocycles. The molecule has 1 unspecified atom stereocenters. The number of carbonyl (C=O) groups excluding carboxylic acids is 1. The lowest BCUT2D eigenvalue weighted by Gasteiger charge is -2.18. The quantitative estimate of drug-likeness (QED) is 0.152. The van der Waals surface area contributed by atoms with Gasteiger partial charge in [-0.15, -0.1) is 0 Å². The summed E-state index contributed by atoms with van der Waals surface area (Å²) in [5.41, 5.74) is 16.1. The van der Waals surface area contributed by atoms with Gasteiger partial charge in [0.05, 0.1) is 5.56 Å². The number of hydrogen-bond acceptors (Lipinski definition) is 6. The fraction of sp³-hybridized carbons (Fsp3) is 0.500. The molecule has 0 aliphatic heterocycles. The molecule has 30 heavy (non-hydrogen) atoms. The first-order valence-corrected chi connectivity index (χ1v) is 9.63. The van der Waals surface area contributed by atoms with Crippen LogP contribution in [0.2, 0.25) is 0 Å². The smallest absolute Gasteiger partial charge is 0.336 e. The van der Waals surface area contributed by atoms with Gasteiger partial charge in [0.25, 0.3) is 0 Å². The third-order valence-electron chi connectivity index (χ3n) is 3.95. The van der Waals surface area contributed by atoms with Gasteiger partial charge >= 0.3 is 17.9 Å². The van der Waals surface area contributed by atoms with E-state index in [1.54, 1.807) is 18.2 Å². The highest BCUT2D eigenvalue weighted by Gasteiger charge is 2.20. The number of aliphatic imine (C=N–C) groups is 1. The number of nitrogens with zero attached hydrogens (tertiary/aromatic N) is 1. The van der Waals surface area contributed by atoms with Gasteiger partial charge < -0.3 is 32.2 Å². The van der Waals surface area contributed by atoms with Gasteiger partial charge in [0, 0.05) is 19.0 Å². The Labute approximate surface area is 176 Å². The van der Waals surface area contributed by atoms with Crippen molar-refractivity contribution in [3.05, 3.63) is 35.4 Å². The highest BCUT2D eigenvalue weighted by Crippen LogP contribution is 2.27. The molecule has 168 valence electrons. The van der Waals surface area contributed by atoms with Crippen molar-refractivity contribution < 1.29 is 29.3 Å². The molecule has 0 aliphatic carbocycles. The molecule has 1 aromatic carbocycles. The number of rotatable bonds is 11. The highest BCUT2D eigenvalue weighted by atomic mass is 16.5. The third-order valence-corrected chi connectivity index (χ3v) is 3.95. The Morgan fingerprint density at radius 2 is 1.73 bits per heavy atom. The molecule has 8 N–H and O–H groups in total. The maximum Gasteiger partial charge on any atom is 0.336 e. The summed E-state index contributed by atoms with van der Waals surface area (Å²) < 4.78 is 5.23. The van der Waals surface area contributed by atoms with E-state index in [2.05, 4.69) is 4.99 Å². The Hall–Kier alpha value is -3.14. The second kappa shape index (κ2) is 14.8. The summed E-state index contributed by atoms with van der Waals surface area (Å²) in [7, 11) is 0. The van der Waals surface area contributed by atoms with Crippen molar-refractivity contribution in [1.82, 2.24) is 0 Å². The summed E-state index contributed by atoms with van der Waals surface area (Å²) >= 11 is 0. The Bertz CT molecular complexity index is 719. The average Bonchev–Trinajstić information content (AvgIpc) is 2.68. The molecule has 10 heteroatoms. The fourth-order valence-corrected chi connectivity index (χ4v) is 2.48. The number of aromatic carboxylic acids is 1. The molecule has 10 nitrogen and oxygen atoms in total. The molecule has 0 spiro atoms. The van der Waals surface area contributed by atoms with E-state index in [4.69, 9.17) is 32.2 Å². The number of nitrogens with two attached hydrogens (primary N) is 3. The molecule has 1 aromatic rings. The Balaban J connectivity index is 0.000000612.